The average Bonchev–Trinajstić information content (AvgIpc) is 3.52. The Bertz CT molecular complexity index is 1190. The number of sulfonamides is 1. The minimum atomic E-state index is -3.43. The second kappa shape index (κ2) is 10.7. The lowest BCUT2D eigenvalue weighted by Gasteiger charge is -2.11. The van der Waals surface area contributed by atoms with Crippen LogP contribution in [-0.2, 0) is 23.1 Å². The van der Waals surface area contributed by atoms with Crippen LogP contribution in [-0.4, -0.2) is 27.0 Å². The Balaban J connectivity index is 0.00000289. The van der Waals surface area contributed by atoms with Crippen LogP contribution in [0, 0.1) is 6.92 Å². The zero-order valence-electron chi connectivity index (χ0n) is 18.2. The molecule has 0 saturated heterocycles. The number of halogens is 1. The van der Waals surface area contributed by atoms with Gasteiger partial charge < -0.3 is 15.1 Å². The van der Waals surface area contributed by atoms with Crippen LogP contribution in [0.15, 0.2) is 62.8 Å². The standard InChI is InChI=1S/C23H28N4O3S.HI/c1-3-24-23(26-15-22-16(2)20-6-4-5-7-21(20)30-22)25-14-17-8-12-19(13-9-17)31(28,29)27-18-10-11-18;/h4-9,12-13,18,27H,3,10-11,14-15H2,1-2H3,(H2,24,25,26);1H. The summed E-state index contributed by atoms with van der Waals surface area (Å²) in [4.78, 5) is 4.91. The predicted molar refractivity (Wildman–Crippen MR) is 138 cm³/mol. The summed E-state index contributed by atoms with van der Waals surface area (Å²) in [5, 5.41) is 7.66. The van der Waals surface area contributed by atoms with E-state index in [2.05, 4.69) is 33.3 Å². The monoisotopic (exact) mass is 568 g/mol. The van der Waals surface area contributed by atoms with Crippen LogP contribution in [0.25, 0.3) is 11.0 Å². The highest BCUT2D eigenvalue weighted by Gasteiger charge is 2.27. The van der Waals surface area contributed by atoms with Gasteiger partial charge in [0.15, 0.2) is 5.96 Å². The molecule has 172 valence electrons. The number of hydrogen-bond donors (Lipinski definition) is 3. The second-order valence-corrected chi connectivity index (χ2v) is 9.45. The SMILES string of the molecule is CCNC(=NCc1ccc(S(=O)(=O)NC2CC2)cc1)NCc1oc2ccccc2c1C.I. The van der Waals surface area contributed by atoms with Gasteiger partial charge in [-0.25, -0.2) is 18.1 Å². The van der Waals surface area contributed by atoms with Gasteiger partial charge in [-0.2, -0.15) is 0 Å². The fourth-order valence-electron chi connectivity index (χ4n) is 3.33. The Morgan fingerprint density at radius 2 is 1.81 bits per heavy atom. The zero-order chi connectivity index (χ0) is 21.8. The van der Waals surface area contributed by atoms with Crippen molar-refractivity contribution in [3.05, 3.63) is 65.4 Å². The summed E-state index contributed by atoms with van der Waals surface area (Å²) in [6.45, 7) is 5.76. The summed E-state index contributed by atoms with van der Waals surface area (Å²) in [5.74, 6) is 1.55. The first-order chi connectivity index (χ1) is 15.0. The number of furan rings is 1. The Morgan fingerprint density at radius 3 is 2.47 bits per heavy atom. The van der Waals surface area contributed by atoms with Crippen LogP contribution in [0.3, 0.4) is 0 Å². The van der Waals surface area contributed by atoms with Crippen LogP contribution in [0.2, 0.25) is 0 Å². The summed E-state index contributed by atoms with van der Waals surface area (Å²) < 4.78 is 33.2. The summed E-state index contributed by atoms with van der Waals surface area (Å²) >= 11 is 0. The molecule has 3 aromatic rings. The maximum Gasteiger partial charge on any atom is 0.240 e. The number of fused-ring (bicyclic) bond motifs is 1. The van der Waals surface area contributed by atoms with Crippen molar-refractivity contribution in [3.8, 4) is 0 Å². The molecule has 0 radical (unpaired) electrons. The highest BCUT2D eigenvalue weighted by Crippen LogP contribution is 2.25. The molecule has 1 aliphatic carbocycles. The lowest BCUT2D eigenvalue weighted by molar-refractivity contribution is 0.534. The number of para-hydroxylation sites is 1. The highest BCUT2D eigenvalue weighted by molar-refractivity contribution is 14.0. The van der Waals surface area contributed by atoms with Gasteiger partial charge in [-0.05, 0) is 50.5 Å². The summed E-state index contributed by atoms with van der Waals surface area (Å²) in [6, 6.07) is 15.0. The lowest BCUT2D eigenvalue weighted by Crippen LogP contribution is -2.36. The molecule has 9 heteroatoms. The summed E-state index contributed by atoms with van der Waals surface area (Å²) in [6.07, 6.45) is 1.83. The maximum absolute atomic E-state index is 12.3. The molecule has 0 unspecified atom stereocenters. The third-order valence-corrected chi connectivity index (χ3v) is 6.79. The van der Waals surface area contributed by atoms with Crippen molar-refractivity contribution < 1.29 is 12.8 Å². The van der Waals surface area contributed by atoms with Gasteiger partial charge in [0.25, 0.3) is 0 Å². The molecule has 1 heterocycles. The Hall–Kier alpha value is -2.11. The molecule has 1 aliphatic rings. The Kier molecular flexibility index (Phi) is 8.18. The predicted octanol–water partition coefficient (Wildman–Crippen LogP) is 4.06. The molecule has 1 saturated carbocycles. The molecule has 0 atom stereocenters. The highest BCUT2D eigenvalue weighted by atomic mass is 127. The van der Waals surface area contributed by atoms with E-state index in [0.717, 1.165) is 47.2 Å². The minimum absolute atomic E-state index is 0. The van der Waals surface area contributed by atoms with Crippen molar-refractivity contribution in [2.24, 2.45) is 4.99 Å². The van der Waals surface area contributed by atoms with E-state index >= 15 is 0 Å². The number of aryl methyl sites for hydroxylation is 1. The third kappa shape index (κ3) is 6.02. The number of aliphatic imine (C=N–C) groups is 1. The summed E-state index contributed by atoms with van der Waals surface area (Å²) in [5.41, 5.74) is 2.93. The number of nitrogens with one attached hydrogen (secondary N) is 3. The van der Waals surface area contributed by atoms with Gasteiger partial charge in [-0.15, -0.1) is 24.0 Å². The van der Waals surface area contributed by atoms with Crippen molar-refractivity contribution in [2.45, 2.75) is 50.7 Å². The summed E-state index contributed by atoms with van der Waals surface area (Å²) in [7, 11) is -3.43. The molecule has 1 aromatic heterocycles. The molecule has 0 bridgehead atoms. The maximum atomic E-state index is 12.3. The Labute approximate surface area is 206 Å². The van der Waals surface area contributed by atoms with E-state index in [0.29, 0.717) is 19.0 Å². The molecule has 0 spiro atoms. The van der Waals surface area contributed by atoms with E-state index in [1.165, 1.54) is 0 Å². The van der Waals surface area contributed by atoms with E-state index in [4.69, 9.17) is 4.42 Å². The largest absolute Gasteiger partial charge is 0.459 e. The van der Waals surface area contributed by atoms with Gasteiger partial charge in [0.05, 0.1) is 18.0 Å². The van der Waals surface area contributed by atoms with Gasteiger partial charge in [0.1, 0.15) is 11.3 Å². The molecule has 0 aliphatic heterocycles. The van der Waals surface area contributed by atoms with Crippen molar-refractivity contribution in [1.82, 2.24) is 15.4 Å². The first-order valence-electron chi connectivity index (χ1n) is 10.6. The number of benzene rings is 2. The molecule has 32 heavy (non-hydrogen) atoms. The Morgan fingerprint density at radius 1 is 1.09 bits per heavy atom. The second-order valence-electron chi connectivity index (χ2n) is 7.73. The van der Waals surface area contributed by atoms with Gasteiger partial charge in [-0.3, -0.25) is 0 Å². The molecular formula is C23H29IN4O3S. The number of nitrogens with zero attached hydrogens (tertiary/aromatic N) is 1. The van der Waals surface area contributed by atoms with E-state index in [-0.39, 0.29) is 34.9 Å². The number of guanidine groups is 1. The molecule has 4 rings (SSSR count). The lowest BCUT2D eigenvalue weighted by atomic mass is 10.1. The average molecular weight is 568 g/mol. The minimum Gasteiger partial charge on any atom is -0.459 e. The fraction of sp³-hybridized carbons (Fsp3) is 0.348. The van der Waals surface area contributed by atoms with Crippen molar-refractivity contribution in [3.63, 3.8) is 0 Å². The van der Waals surface area contributed by atoms with Crippen molar-refractivity contribution in [1.29, 1.82) is 0 Å². The van der Waals surface area contributed by atoms with Gasteiger partial charge >= 0.3 is 0 Å². The fourth-order valence-corrected chi connectivity index (χ4v) is 4.64. The van der Waals surface area contributed by atoms with Gasteiger partial charge in [0, 0.05) is 23.5 Å². The topological polar surface area (TPSA) is 95.7 Å². The van der Waals surface area contributed by atoms with E-state index in [1.54, 1.807) is 24.3 Å². The van der Waals surface area contributed by atoms with Crippen molar-refractivity contribution in [2.75, 3.05) is 6.54 Å². The smallest absolute Gasteiger partial charge is 0.240 e. The molecule has 3 N–H and O–H groups in total. The van der Waals surface area contributed by atoms with Crippen LogP contribution >= 0.6 is 24.0 Å². The van der Waals surface area contributed by atoms with E-state index in [9.17, 15) is 8.42 Å². The first kappa shape index (κ1) is 24.5. The van der Waals surface area contributed by atoms with Gasteiger partial charge in [0.2, 0.25) is 10.0 Å². The number of rotatable bonds is 8. The van der Waals surface area contributed by atoms with Crippen LogP contribution in [0.4, 0.5) is 0 Å². The quantitative estimate of drug-likeness (QED) is 0.217. The van der Waals surface area contributed by atoms with Gasteiger partial charge in [-0.1, -0.05) is 30.3 Å². The molecule has 2 aromatic carbocycles. The van der Waals surface area contributed by atoms with Crippen LogP contribution in [0.1, 0.15) is 36.7 Å². The first-order valence-corrected chi connectivity index (χ1v) is 12.0. The zero-order valence-corrected chi connectivity index (χ0v) is 21.4. The van der Waals surface area contributed by atoms with E-state index < -0.39 is 10.0 Å². The van der Waals surface area contributed by atoms with Crippen LogP contribution in [0.5, 0.6) is 0 Å². The van der Waals surface area contributed by atoms with E-state index in [1.807, 2.05) is 25.1 Å². The molecule has 0 amide bonds. The molecule has 7 nitrogen and oxygen atoms in total. The van der Waals surface area contributed by atoms with Crippen molar-refractivity contribution >= 4 is 50.9 Å². The normalized spacial score (nSPS) is 14.2. The third-order valence-electron chi connectivity index (χ3n) is 5.26. The number of hydrogen-bond acceptors (Lipinski definition) is 4. The molecule has 1 fully saturated rings. The molecular weight excluding hydrogens is 539 g/mol. The van der Waals surface area contributed by atoms with Crippen LogP contribution < -0.4 is 15.4 Å².